The number of amides is 1. The zero-order valence-corrected chi connectivity index (χ0v) is 25.5. The number of nitriles is 1. The van der Waals surface area contributed by atoms with E-state index in [4.69, 9.17) is 4.98 Å². The first-order valence-electron chi connectivity index (χ1n) is 15.2. The molecular weight excluding hydrogens is 524 g/mol. The number of hydrogen-bond acceptors (Lipinski definition) is 7. The molecule has 0 unspecified atom stereocenters. The number of nitrogens with one attached hydrogen (secondary N) is 1. The molecule has 1 amide bonds. The van der Waals surface area contributed by atoms with E-state index in [2.05, 4.69) is 71.3 Å². The molecule has 220 valence electrons. The number of carbonyl (C=O) groups is 1. The molecule has 1 atom stereocenters. The molecule has 9 nitrogen and oxygen atoms in total. The Bertz CT molecular complexity index is 1530. The van der Waals surface area contributed by atoms with Crippen LogP contribution in [-0.4, -0.2) is 57.2 Å². The maximum absolute atomic E-state index is 13.8. The molecule has 1 N–H and O–H groups in total. The number of rotatable bonds is 7. The van der Waals surface area contributed by atoms with Crippen molar-refractivity contribution in [1.29, 1.82) is 5.26 Å². The fourth-order valence-electron chi connectivity index (χ4n) is 7.70. The third-order valence-corrected chi connectivity index (χ3v) is 9.56. The number of aryl methyl sites for hydroxylation is 1. The highest BCUT2D eigenvalue weighted by atomic mass is 16.1. The van der Waals surface area contributed by atoms with Gasteiger partial charge in [-0.2, -0.15) is 5.26 Å². The van der Waals surface area contributed by atoms with Crippen LogP contribution in [0.2, 0.25) is 0 Å². The zero-order chi connectivity index (χ0) is 29.6. The lowest BCUT2D eigenvalue weighted by molar-refractivity contribution is 0.102. The van der Waals surface area contributed by atoms with Gasteiger partial charge in [0, 0.05) is 51.3 Å². The van der Waals surface area contributed by atoms with E-state index in [0.29, 0.717) is 24.0 Å². The monoisotopic (exact) mass is 566 g/mol. The summed E-state index contributed by atoms with van der Waals surface area (Å²) in [6, 6.07) is 12.4. The predicted octanol–water partition coefficient (Wildman–Crippen LogP) is 5.03. The van der Waals surface area contributed by atoms with Gasteiger partial charge in [0.25, 0.3) is 5.91 Å². The third-order valence-electron chi connectivity index (χ3n) is 9.56. The van der Waals surface area contributed by atoms with Crippen molar-refractivity contribution in [1.82, 2.24) is 24.6 Å². The van der Waals surface area contributed by atoms with Crippen molar-refractivity contribution in [3.05, 3.63) is 65.0 Å². The number of carbonyl (C=O) groups excluding carboxylic acids is 1. The van der Waals surface area contributed by atoms with Crippen molar-refractivity contribution in [2.24, 2.45) is 18.9 Å². The highest BCUT2D eigenvalue weighted by Crippen LogP contribution is 2.53. The molecule has 1 aromatic carbocycles. The number of likely N-dealkylation sites (N-methyl/N-ethyl adjacent to an activating group) is 1. The van der Waals surface area contributed by atoms with Crippen LogP contribution < -0.4 is 10.2 Å². The molecule has 0 bridgehead atoms. The van der Waals surface area contributed by atoms with Crippen molar-refractivity contribution in [2.75, 3.05) is 36.9 Å². The van der Waals surface area contributed by atoms with Crippen molar-refractivity contribution in [3.63, 3.8) is 0 Å². The summed E-state index contributed by atoms with van der Waals surface area (Å²) >= 11 is 0. The van der Waals surface area contributed by atoms with Crippen LogP contribution in [-0.2, 0) is 24.4 Å². The smallest absolute Gasteiger partial charge is 0.274 e. The quantitative estimate of drug-likeness (QED) is 0.428. The lowest BCUT2D eigenvalue weighted by Gasteiger charge is -2.46. The number of benzene rings is 1. The van der Waals surface area contributed by atoms with Gasteiger partial charge in [0.1, 0.15) is 17.8 Å². The molecular formula is C33H42N8O. The third kappa shape index (κ3) is 5.06. The van der Waals surface area contributed by atoms with E-state index < -0.39 is 0 Å². The minimum Gasteiger partial charge on any atom is -0.372 e. The van der Waals surface area contributed by atoms with E-state index >= 15 is 0 Å². The summed E-state index contributed by atoms with van der Waals surface area (Å²) in [6.07, 6.45) is 6.41. The van der Waals surface area contributed by atoms with E-state index in [1.807, 2.05) is 29.8 Å². The molecule has 1 saturated heterocycles. The van der Waals surface area contributed by atoms with Gasteiger partial charge in [-0.05, 0) is 73.4 Å². The molecule has 0 spiro atoms. The second-order valence-corrected chi connectivity index (χ2v) is 13.6. The molecule has 2 fully saturated rings. The summed E-state index contributed by atoms with van der Waals surface area (Å²) in [7, 11) is 4.10. The number of hydrogen-bond donors (Lipinski definition) is 1. The average molecular weight is 567 g/mol. The lowest BCUT2D eigenvalue weighted by atomic mass is 9.57. The molecule has 6 rings (SSSR count). The van der Waals surface area contributed by atoms with Gasteiger partial charge in [-0.25, -0.2) is 4.98 Å². The Labute approximate surface area is 248 Å². The van der Waals surface area contributed by atoms with Crippen molar-refractivity contribution in [3.8, 4) is 6.07 Å². The number of pyridine rings is 1. The van der Waals surface area contributed by atoms with Gasteiger partial charge < -0.3 is 14.8 Å². The molecule has 3 aromatic rings. The van der Waals surface area contributed by atoms with Crippen LogP contribution in [0.15, 0.2) is 36.7 Å². The van der Waals surface area contributed by atoms with E-state index in [-0.39, 0.29) is 16.7 Å². The van der Waals surface area contributed by atoms with Gasteiger partial charge >= 0.3 is 0 Å². The molecule has 3 aliphatic rings. The topological polar surface area (TPSA) is 103 Å². The first kappa shape index (κ1) is 28.4. The van der Waals surface area contributed by atoms with Gasteiger partial charge in [0.2, 0.25) is 0 Å². The minimum absolute atomic E-state index is 0.142. The summed E-state index contributed by atoms with van der Waals surface area (Å²) in [4.78, 5) is 23.6. The average Bonchev–Trinajstić information content (AvgIpc) is 3.45. The molecule has 42 heavy (non-hydrogen) atoms. The number of fused-ring (bicyclic) bond motifs is 1. The van der Waals surface area contributed by atoms with Crippen LogP contribution in [0.3, 0.4) is 0 Å². The van der Waals surface area contributed by atoms with Crippen LogP contribution in [0.25, 0.3) is 0 Å². The predicted molar refractivity (Wildman–Crippen MR) is 163 cm³/mol. The maximum Gasteiger partial charge on any atom is 0.274 e. The van der Waals surface area contributed by atoms with Gasteiger partial charge in [0.15, 0.2) is 0 Å². The van der Waals surface area contributed by atoms with Crippen molar-refractivity contribution >= 4 is 17.3 Å². The van der Waals surface area contributed by atoms with E-state index in [9.17, 15) is 10.1 Å². The van der Waals surface area contributed by atoms with Crippen LogP contribution >= 0.6 is 0 Å². The zero-order valence-electron chi connectivity index (χ0n) is 25.5. The van der Waals surface area contributed by atoms with Gasteiger partial charge in [-0.1, -0.05) is 32.9 Å². The van der Waals surface area contributed by atoms with Gasteiger partial charge in [-0.3, -0.25) is 9.69 Å². The molecule has 9 heteroatoms. The second-order valence-electron chi connectivity index (χ2n) is 13.6. The number of nitrogens with zero attached hydrogens (tertiary/aromatic N) is 7. The van der Waals surface area contributed by atoms with Gasteiger partial charge in [0.05, 0.1) is 22.9 Å². The summed E-state index contributed by atoms with van der Waals surface area (Å²) in [5.41, 5.74) is 5.17. The Morgan fingerprint density at radius 3 is 2.74 bits per heavy atom. The standard InChI is InChI=1S/C33H42N8O/c1-22-8-7-13-41(18-22)19-24-14-27(37-29-28(24)39(4)20-32(29,2)3)30(42)36-26-10-6-9-25(15-26)33(16-23(17-33)11-12-34)31-38-35-21-40(31)5/h6,9-10,14-15,21-23H,7-8,11,13,16-20H2,1-5H3,(H,36,42)/t22-,23?,33?/m0/s1. The Kier molecular flexibility index (Phi) is 7.30. The fourth-order valence-corrected chi connectivity index (χ4v) is 7.70. The van der Waals surface area contributed by atoms with Crippen molar-refractivity contribution < 1.29 is 4.79 Å². The Morgan fingerprint density at radius 1 is 1.21 bits per heavy atom. The molecule has 0 radical (unpaired) electrons. The van der Waals surface area contributed by atoms with Gasteiger partial charge in [-0.15, -0.1) is 10.2 Å². The Morgan fingerprint density at radius 2 is 2.02 bits per heavy atom. The number of likely N-dealkylation sites (tertiary alicyclic amines) is 1. The first-order chi connectivity index (χ1) is 20.1. The van der Waals surface area contributed by atoms with E-state index in [1.165, 1.54) is 24.1 Å². The molecule has 1 saturated carbocycles. The fraction of sp³-hybridized carbons (Fsp3) is 0.545. The lowest BCUT2D eigenvalue weighted by Crippen LogP contribution is -2.44. The summed E-state index contributed by atoms with van der Waals surface area (Å²) < 4.78 is 1.96. The SMILES string of the molecule is C[C@H]1CCCN(Cc2cc(C(=O)Nc3cccc(C4(c5nncn5C)CC(CC#N)C4)c3)nc3c2N(C)CC3(C)C)C1. The Hall–Kier alpha value is -3.77. The van der Waals surface area contributed by atoms with Crippen LogP contribution in [0.5, 0.6) is 0 Å². The van der Waals surface area contributed by atoms with Crippen LogP contribution in [0, 0.1) is 23.2 Å². The minimum atomic E-state index is -0.327. The number of anilines is 2. The number of aromatic nitrogens is 4. The summed E-state index contributed by atoms with van der Waals surface area (Å²) in [5.74, 6) is 1.71. The first-order valence-corrected chi connectivity index (χ1v) is 15.2. The molecule has 2 aromatic heterocycles. The summed E-state index contributed by atoms with van der Waals surface area (Å²) in [6.45, 7) is 10.6. The van der Waals surface area contributed by atoms with E-state index in [0.717, 1.165) is 61.8 Å². The van der Waals surface area contributed by atoms with Crippen molar-refractivity contribution in [2.45, 2.75) is 70.3 Å². The van der Waals surface area contributed by atoms with Crippen LogP contribution in [0.4, 0.5) is 11.4 Å². The highest BCUT2D eigenvalue weighted by molar-refractivity contribution is 6.03. The molecule has 4 heterocycles. The summed E-state index contributed by atoms with van der Waals surface area (Å²) in [5, 5.41) is 21.0. The normalized spacial score (nSPS) is 25.0. The largest absolute Gasteiger partial charge is 0.372 e. The van der Waals surface area contributed by atoms with Crippen LogP contribution in [0.1, 0.15) is 86.0 Å². The second kappa shape index (κ2) is 10.8. The molecule has 2 aliphatic heterocycles. The number of piperidine rings is 1. The maximum atomic E-state index is 13.8. The van der Waals surface area contributed by atoms with E-state index in [1.54, 1.807) is 6.33 Å². The Balaban J connectivity index is 1.30. The highest BCUT2D eigenvalue weighted by Gasteiger charge is 2.49. The molecule has 1 aliphatic carbocycles.